The number of esters is 2. The SMILES string of the molecule is CC(COC(=O)Cc1ccc(O)cc1)OC(=O)CN. The van der Waals surface area contributed by atoms with Gasteiger partial charge < -0.3 is 20.3 Å². The molecule has 1 rings (SSSR count). The molecule has 19 heavy (non-hydrogen) atoms. The first kappa shape index (κ1) is 15.0. The molecule has 0 fully saturated rings. The minimum Gasteiger partial charge on any atom is -0.508 e. The minimum atomic E-state index is -0.540. The first-order chi connectivity index (χ1) is 9.01. The van der Waals surface area contributed by atoms with Crippen LogP contribution in [0.2, 0.25) is 0 Å². The van der Waals surface area contributed by atoms with Crippen LogP contribution in [-0.2, 0) is 25.5 Å². The van der Waals surface area contributed by atoms with Gasteiger partial charge in [0, 0.05) is 0 Å². The van der Waals surface area contributed by atoms with Crippen molar-refractivity contribution in [2.24, 2.45) is 5.73 Å². The van der Waals surface area contributed by atoms with E-state index in [1.165, 1.54) is 12.1 Å². The molecule has 1 unspecified atom stereocenters. The lowest BCUT2D eigenvalue weighted by atomic mass is 10.1. The quantitative estimate of drug-likeness (QED) is 0.722. The number of phenols is 1. The fourth-order valence-corrected chi connectivity index (χ4v) is 1.35. The Kier molecular flexibility index (Phi) is 5.81. The van der Waals surface area contributed by atoms with Crippen LogP contribution in [0.5, 0.6) is 5.75 Å². The highest BCUT2D eigenvalue weighted by Gasteiger charge is 2.11. The second kappa shape index (κ2) is 7.38. The molecule has 1 aromatic carbocycles. The van der Waals surface area contributed by atoms with Crippen LogP contribution in [-0.4, -0.2) is 36.3 Å². The normalized spacial score (nSPS) is 11.7. The molecule has 0 spiro atoms. The van der Waals surface area contributed by atoms with Crippen LogP contribution in [0.3, 0.4) is 0 Å². The monoisotopic (exact) mass is 267 g/mol. The third-order valence-corrected chi connectivity index (χ3v) is 2.26. The average molecular weight is 267 g/mol. The predicted octanol–water partition coefficient (Wildman–Crippen LogP) is 0.368. The average Bonchev–Trinajstić information content (AvgIpc) is 2.39. The summed E-state index contributed by atoms with van der Waals surface area (Å²) in [6.07, 6.45) is -0.433. The van der Waals surface area contributed by atoms with Crippen molar-refractivity contribution in [3.63, 3.8) is 0 Å². The maximum absolute atomic E-state index is 11.5. The van der Waals surface area contributed by atoms with Crippen molar-refractivity contribution in [3.8, 4) is 5.75 Å². The van der Waals surface area contributed by atoms with Gasteiger partial charge in [0.25, 0.3) is 0 Å². The zero-order valence-electron chi connectivity index (χ0n) is 10.7. The summed E-state index contributed by atoms with van der Waals surface area (Å²) in [6, 6.07) is 6.26. The van der Waals surface area contributed by atoms with Gasteiger partial charge in [0.05, 0.1) is 13.0 Å². The number of carbonyl (C=O) groups excluding carboxylic acids is 2. The van der Waals surface area contributed by atoms with Crippen molar-refractivity contribution in [2.75, 3.05) is 13.2 Å². The summed E-state index contributed by atoms with van der Waals surface area (Å²) in [6.45, 7) is 1.40. The smallest absolute Gasteiger partial charge is 0.320 e. The van der Waals surface area contributed by atoms with Gasteiger partial charge in [-0.2, -0.15) is 0 Å². The highest BCUT2D eigenvalue weighted by Crippen LogP contribution is 2.10. The second-order valence-electron chi connectivity index (χ2n) is 4.03. The van der Waals surface area contributed by atoms with Crippen molar-refractivity contribution in [1.29, 1.82) is 0 Å². The standard InChI is InChI=1S/C13H17NO5/c1-9(19-13(17)7-14)8-18-12(16)6-10-2-4-11(15)5-3-10/h2-5,9,15H,6-8,14H2,1H3. The Balaban J connectivity index is 2.31. The third kappa shape index (κ3) is 5.87. The van der Waals surface area contributed by atoms with E-state index >= 15 is 0 Å². The summed E-state index contributed by atoms with van der Waals surface area (Å²) in [7, 11) is 0. The van der Waals surface area contributed by atoms with Gasteiger partial charge in [-0.1, -0.05) is 12.1 Å². The van der Waals surface area contributed by atoms with Crippen LogP contribution in [0.1, 0.15) is 12.5 Å². The Morgan fingerprint density at radius 3 is 2.47 bits per heavy atom. The predicted molar refractivity (Wildman–Crippen MR) is 67.4 cm³/mol. The van der Waals surface area contributed by atoms with Crippen LogP contribution in [0.15, 0.2) is 24.3 Å². The van der Waals surface area contributed by atoms with Crippen LogP contribution >= 0.6 is 0 Å². The minimum absolute atomic E-state index is 0.0113. The molecule has 0 aromatic heterocycles. The molecule has 1 atom stereocenters. The Morgan fingerprint density at radius 2 is 1.89 bits per heavy atom. The maximum atomic E-state index is 11.5. The van der Waals surface area contributed by atoms with Gasteiger partial charge in [-0.25, -0.2) is 0 Å². The van der Waals surface area contributed by atoms with Crippen LogP contribution < -0.4 is 5.73 Å². The van der Waals surface area contributed by atoms with Gasteiger partial charge in [0.15, 0.2) is 0 Å². The van der Waals surface area contributed by atoms with Crippen molar-refractivity contribution >= 4 is 11.9 Å². The van der Waals surface area contributed by atoms with E-state index in [9.17, 15) is 9.59 Å². The lowest BCUT2D eigenvalue weighted by Crippen LogP contribution is -2.26. The Morgan fingerprint density at radius 1 is 1.26 bits per heavy atom. The van der Waals surface area contributed by atoms with Crippen molar-refractivity contribution in [1.82, 2.24) is 0 Å². The van der Waals surface area contributed by atoms with Crippen molar-refractivity contribution < 1.29 is 24.2 Å². The summed E-state index contributed by atoms with van der Waals surface area (Å²) in [4.78, 5) is 22.4. The summed E-state index contributed by atoms with van der Waals surface area (Å²) >= 11 is 0. The van der Waals surface area contributed by atoms with Crippen molar-refractivity contribution in [3.05, 3.63) is 29.8 Å². The number of benzene rings is 1. The molecule has 0 amide bonds. The molecule has 1 aromatic rings. The number of hydrogen-bond donors (Lipinski definition) is 2. The molecule has 0 aliphatic heterocycles. The van der Waals surface area contributed by atoms with Crippen molar-refractivity contribution in [2.45, 2.75) is 19.4 Å². The van der Waals surface area contributed by atoms with Crippen LogP contribution in [0.4, 0.5) is 0 Å². The molecule has 3 N–H and O–H groups in total. The molecule has 104 valence electrons. The molecule has 0 aliphatic rings. The summed E-state index contributed by atoms with van der Waals surface area (Å²) < 4.78 is 9.81. The van der Waals surface area contributed by atoms with E-state index in [1.54, 1.807) is 19.1 Å². The van der Waals surface area contributed by atoms with Crippen LogP contribution in [0.25, 0.3) is 0 Å². The lowest BCUT2D eigenvalue weighted by Gasteiger charge is -2.12. The first-order valence-electron chi connectivity index (χ1n) is 5.84. The molecule has 0 aliphatic carbocycles. The molecule has 0 bridgehead atoms. The van der Waals surface area contributed by atoms with E-state index in [1.807, 2.05) is 0 Å². The Labute approximate surface area is 111 Å². The molecule has 0 radical (unpaired) electrons. The van der Waals surface area contributed by atoms with E-state index in [0.29, 0.717) is 0 Å². The zero-order chi connectivity index (χ0) is 14.3. The number of ether oxygens (including phenoxy) is 2. The highest BCUT2D eigenvalue weighted by molar-refractivity contribution is 5.73. The molecule has 0 heterocycles. The lowest BCUT2D eigenvalue weighted by molar-refractivity contribution is -0.156. The van der Waals surface area contributed by atoms with Gasteiger partial charge in [-0.05, 0) is 24.6 Å². The fraction of sp³-hybridized carbons (Fsp3) is 0.385. The molecule has 6 heteroatoms. The van der Waals surface area contributed by atoms with E-state index < -0.39 is 18.0 Å². The summed E-state index contributed by atoms with van der Waals surface area (Å²) in [5, 5.41) is 9.10. The van der Waals surface area contributed by atoms with E-state index in [0.717, 1.165) is 5.56 Å². The second-order valence-corrected chi connectivity index (χ2v) is 4.03. The summed E-state index contributed by atoms with van der Waals surface area (Å²) in [5.41, 5.74) is 5.82. The zero-order valence-corrected chi connectivity index (χ0v) is 10.7. The van der Waals surface area contributed by atoms with Crippen LogP contribution in [0, 0.1) is 0 Å². The third-order valence-electron chi connectivity index (χ3n) is 2.26. The Hall–Kier alpha value is -2.08. The van der Waals surface area contributed by atoms with Gasteiger partial charge in [-0.3, -0.25) is 9.59 Å². The maximum Gasteiger partial charge on any atom is 0.320 e. The molecule has 6 nitrogen and oxygen atoms in total. The number of carbonyl (C=O) groups is 2. The number of aromatic hydroxyl groups is 1. The topological polar surface area (TPSA) is 98.9 Å². The first-order valence-corrected chi connectivity index (χ1v) is 5.84. The largest absolute Gasteiger partial charge is 0.508 e. The van der Waals surface area contributed by atoms with Gasteiger partial charge >= 0.3 is 11.9 Å². The number of hydrogen-bond acceptors (Lipinski definition) is 6. The summed E-state index contributed by atoms with van der Waals surface area (Å²) in [5.74, 6) is -0.831. The van der Waals surface area contributed by atoms with Gasteiger partial charge in [0.2, 0.25) is 0 Å². The van der Waals surface area contributed by atoms with E-state index in [4.69, 9.17) is 20.3 Å². The number of nitrogens with two attached hydrogens (primary N) is 1. The van der Waals surface area contributed by atoms with E-state index in [2.05, 4.69) is 0 Å². The van der Waals surface area contributed by atoms with E-state index in [-0.39, 0.29) is 25.3 Å². The molecule has 0 saturated heterocycles. The molecular formula is C13H17NO5. The number of phenolic OH excluding ortho intramolecular Hbond substituents is 1. The molecule has 0 saturated carbocycles. The Bertz CT molecular complexity index is 429. The molecular weight excluding hydrogens is 250 g/mol. The van der Waals surface area contributed by atoms with Gasteiger partial charge in [-0.15, -0.1) is 0 Å². The van der Waals surface area contributed by atoms with Gasteiger partial charge in [0.1, 0.15) is 18.5 Å². The number of rotatable bonds is 6. The highest BCUT2D eigenvalue weighted by atomic mass is 16.6. The fourth-order valence-electron chi connectivity index (χ4n) is 1.35.